The van der Waals surface area contributed by atoms with Crippen LogP contribution in [0.1, 0.15) is 50.7 Å². The molecule has 0 aliphatic carbocycles. The normalized spacial score (nSPS) is 15.0. The summed E-state index contributed by atoms with van der Waals surface area (Å²) in [6.45, 7) is 7.11. The Morgan fingerprint density at radius 2 is 1.36 bits per heavy atom. The summed E-state index contributed by atoms with van der Waals surface area (Å²) >= 11 is 6.51. The van der Waals surface area contributed by atoms with Gasteiger partial charge in [-0.3, -0.25) is 0 Å². The van der Waals surface area contributed by atoms with Crippen molar-refractivity contribution in [3.8, 4) is 0 Å². The fourth-order valence-electron chi connectivity index (χ4n) is 4.09. The highest BCUT2D eigenvalue weighted by atomic mass is 79.9. The van der Waals surface area contributed by atoms with E-state index in [1.165, 1.54) is 12.1 Å². The zero-order valence-corrected chi connectivity index (χ0v) is 19.3. The molecule has 0 aliphatic rings. The average molecular weight is 519 g/mol. The third-order valence-corrected chi connectivity index (χ3v) is 6.14. The number of hydrogen-bond donors (Lipinski definition) is 1. The van der Waals surface area contributed by atoms with Crippen molar-refractivity contribution < 1.29 is 18.3 Å². The van der Waals surface area contributed by atoms with E-state index in [-0.39, 0.29) is 23.5 Å². The Labute approximate surface area is 180 Å². The van der Waals surface area contributed by atoms with Crippen molar-refractivity contribution in [2.24, 2.45) is 11.7 Å². The second kappa shape index (κ2) is 8.91. The predicted molar refractivity (Wildman–Crippen MR) is 113 cm³/mol. The molecule has 0 bridgehead atoms. The van der Waals surface area contributed by atoms with Gasteiger partial charge in [-0.15, -0.1) is 0 Å². The van der Waals surface area contributed by atoms with Crippen LogP contribution in [0.25, 0.3) is 0 Å². The molecular formula is C21H23Br2F2NO2. The standard InChI is InChI=1S/C21H23Br2F2NO2/c1-11(15-7-5-13(22)9-17(15)24)19(21(3,4)28-20(26)27)12(2)16-8-6-14(23)10-18(16)25/h5-12,19H,1-4H3,(H2,26,27). The van der Waals surface area contributed by atoms with Crippen LogP contribution in [-0.4, -0.2) is 11.7 Å². The Morgan fingerprint density at radius 3 is 1.68 bits per heavy atom. The van der Waals surface area contributed by atoms with Gasteiger partial charge < -0.3 is 10.5 Å². The van der Waals surface area contributed by atoms with Crippen LogP contribution in [-0.2, 0) is 4.74 Å². The van der Waals surface area contributed by atoms with E-state index in [9.17, 15) is 13.6 Å². The maximum Gasteiger partial charge on any atom is 0.405 e. The maximum atomic E-state index is 14.7. The van der Waals surface area contributed by atoms with Gasteiger partial charge in [0, 0.05) is 14.9 Å². The first kappa shape index (κ1) is 22.8. The first-order chi connectivity index (χ1) is 12.9. The Hall–Kier alpha value is -1.47. The number of ether oxygens (including phenoxy) is 1. The fourth-order valence-corrected chi connectivity index (χ4v) is 4.76. The molecule has 0 saturated heterocycles. The summed E-state index contributed by atoms with van der Waals surface area (Å²) in [4.78, 5) is 11.5. The van der Waals surface area contributed by atoms with Gasteiger partial charge in [0.2, 0.25) is 0 Å². The zero-order chi connectivity index (χ0) is 21.2. The van der Waals surface area contributed by atoms with Gasteiger partial charge in [0.25, 0.3) is 0 Å². The van der Waals surface area contributed by atoms with Crippen molar-refractivity contribution in [2.75, 3.05) is 0 Å². The molecule has 2 rings (SSSR count). The molecule has 2 aromatic carbocycles. The summed E-state index contributed by atoms with van der Waals surface area (Å²) in [7, 11) is 0. The lowest BCUT2D eigenvalue weighted by atomic mass is 9.68. The summed E-state index contributed by atoms with van der Waals surface area (Å²) in [5.41, 5.74) is 5.12. The lowest BCUT2D eigenvalue weighted by Crippen LogP contribution is -2.43. The molecule has 0 aromatic heterocycles. The molecule has 0 radical (unpaired) electrons. The molecule has 0 aliphatic heterocycles. The molecule has 28 heavy (non-hydrogen) atoms. The van der Waals surface area contributed by atoms with E-state index in [2.05, 4.69) is 31.9 Å². The van der Waals surface area contributed by atoms with E-state index in [1.54, 1.807) is 38.1 Å². The van der Waals surface area contributed by atoms with Gasteiger partial charge in [-0.25, -0.2) is 13.6 Å². The molecule has 0 saturated carbocycles. The zero-order valence-electron chi connectivity index (χ0n) is 16.1. The van der Waals surface area contributed by atoms with Crippen molar-refractivity contribution in [1.82, 2.24) is 0 Å². The van der Waals surface area contributed by atoms with Gasteiger partial charge in [-0.1, -0.05) is 57.8 Å². The van der Waals surface area contributed by atoms with Gasteiger partial charge in [-0.2, -0.15) is 0 Å². The van der Waals surface area contributed by atoms with Crippen LogP contribution < -0.4 is 5.73 Å². The minimum atomic E-state index is -1.07. The third kappa shape index (κ3) is 5.11. The van der Waals surface area contributed by atoms with Gasteiger partial charge >= 0.3 is 6.09 Å². The van der Waals surface area contributed by atoms with E-state index in [4.69, 9.17) is 10.5 Å². The third-order valence-electron chi connectivity index (χ3n) is 5.15. The van der Waals surface area contributed by atoms with E-state index in [1.807, 2.05) is 13.8 Å². The van der Waals surface area contributed by atoms with Crippen LogP contribution in [0.5, 0.6) is 0 Å². The molecule has 0 heterocycles. The van der Waals surface area contributed by atoms with Crippen molar-refractivity contribution in [2.45, 2.75) is 45.1 Å². The molecular weight excluding hydrogens is 496 g/mol. The van der Waals surface area contributed by atoms with Crippen LogP contribution in [0.2, 0.25) is 0 Å². The maximum absolute atomic E-state index is 14.7. The second-order valence-corrected chi connectivity index (χ2v) is 9.29. The van der Waals surface area contributed by atoms with Gasteiger partial charge in [-0.05, 0) is 61.1 Å². The van der Waals surface area contributed by atoms with Crippen LogP contribution in [0.4, 0.5) is 13.6 Å². The number of hydrogen-bond acceptors (Lipinski definition) is 2. The highest BCUT2D eigenvalue weighted by Crippen LogP contribution is 2.45. The molecule has 0 fully saturated rings. The van der Waals surface area contributed by atoms with Crippen LogP contribution >= 0.6 is 31.9 Å². The SMILES string of the molecule is CC(c1ccc(Br)cc1F)C(C(C)c1ccc(Br)cc1F)C(C)(C)OC(N)=O. The number of amides is 1. The smallest absolute Gasteiger partial charge is 0.405 e. The van der Waals surface area contributed by atoms with E-state index in [0.717, 1.165) is 0 Å². The minimum Gasteiger partial charge on any atom is -0.443 e. The Morgan fingerprint density at radius 1 is 0.964 bits per heavy atom. The van der Waals surface area contributed by atoms with Gasteiger partial charge in [0.05, 0.1) is 0 Å². The predicted octanol–water partition coefficient (Wildman–Crippen LogP) is 6.89. The highest BCUT2D eigenvalue weighted by molar-refractivity contribution is 9.10. The van der Waals surface area contributed by atoms with Crippen molar-refractivity contribution in [3.63, 3.8) is 0 Å². The second-order valence-electron chi connectivity index (χ2n) is 7.46. The first-order valence-electron chi connectivity index (χ1n) is 8.82. The fraction of sp³-hybridized carbons (Fsp3) is 0.381. The lowest BCUT2D eigenvalue weighted by molar-refractivity contribution is -0.0184. The average Bonchev–Trinajstić information content (AvgIpc) is 2.52. The quantitative estimate of drug-likeness (QED) is 0.452. The molecule has 2 N–H and O–H groups in total. The first-order valence-corrected chi connectivity index (χ1v) is 10.4. The summed E-state index contributed by atoms with van der Waals surface area (Å²) in [6.07, 6.45) is -0.929. The Bertz CT molecular complexity index is 816. The monoisotopic (exact) mass is 517 g/mol. The number of benzene rings is 2. The topological polar surface area (TPSA) is 52.3 Å². The highest BCUT2D eigenvalue weighted by Gasteiger charge is 2.42. The van der Waals surface area contributed by atoms with E-state index in [0.29, 0.717) is 20.1 Å². The molecule has 3 nitrogen and oxygen atoms in total. The summed E-state index contributed by atoms with van der Waals surface area (Å²) in [6, 6.07) is 9.63. The van der Waals surface area contributed by atoms with E-state index < -0.39 is 17.6 Å². The summed E-state index contributed by atoms with van der Waals surface area (Å²) in [5.74, 6) is -2.00. The van der Waals surface area contributed by atoms with Crippen molar-refractivity contribution >= 4 is 38.0 Å². The van der Waals surface area contributed by atoms with Crippen LogP contribution in [0, 0.1) is 17.6 Å². The molecule has 152 valence electrons. The molecule has 7 heteroatoms. The van der Waals surface area contributed by atoms with Crippen LogP contribution in [0.15, 0.2) is 45.3 Å². The molecule has 2 atom stereocenters. The molecule has 1 amide bonds. The number of primary amides is 1. The van der Waals surface area contributed by atoms with Crippen LogP contribution in [0.3, 0.4) is 0 Å². The number of nitrogens with two attached hydrogens (primary N) is 1. The molecule has 0 spiro atoms. The number of carbonyl (C=O) groups is 1. The summed E-state index contributed by atoms with van der Waals surface area (Å²) < 4.78 is 36.0. The summed E-state index contributed by atoms with van der Waals surface area (Å²) in [5, 5.41) is 0. The largest absolute Gasteiger partial charge is 0.443 e. The number of carbonyl (C=O) groups excluding carboxylic acids is 1. The minimum absolute atomic E-state index is 0.384. The molecule has 2 aromatic rings. The number of halogens is 4. The molecule has 2 unspecified atom stereocenters. The lowest BCUT2D eigenvalue weighted by Gasteiger charge is -2.41. The van der Waals surface area contributed by atoms with Gasteiger partial charge in [0.1, 0.15) is 17.2 Å². The Kier molecular flexibility index (Phi) is 7.26. The van der Waals surface area contributed by atoms with Crippen molar-refractivity contribution in [1.29, 1.82) is 0 Å². The van der Waals surface area contributed by atoms with E-state index >= 15 is 0 Å². The van der Waals surface area contributed by atoms with Crippen molar-refractivity contribution in [3.05, 3.63) is 68.1 Å². The number of rotatable bonds is 6. The van der Waals surface area contributed by atoms with Gasteiger partial charge in [0.15, 0.2) is 0 Å². The Balaban J connectivity index is 2.57.